The van der Waals surface area contributed by atoms with Gasteiger partial charge in [0.1, 0.15) is 6.33 Å². The second-order valence-electron chi connectivity index (χ2n) is 4.11. The van der Waals surface area contributed by atoms with Crippen LogP contribution in [0.4, 0.5) is 0 Å². The normalized spacial score (nSPS) is 12.3. The molecule has 0 radical (unpaired) electrons. The summed E-state index contributed by atoms with van der Waals surface area (Å²) in [5.74, 6) is 0. The van der Waals surface area contributed by atoms with Crippen molar-refractivity contribution in [1.82, 2.24) is 15.3 Å². The Labute approximate surface area is 121 Å². The third-order valence-corrected chi connectivity index (χ3v) is 3.43. The maximum Gasteiger partial charge on any atom is 0.115 e. The second-order valence-corrected chi connectivity index (χ2v) is 5.36. The summed E-state index contributed by atoms with van der Waals surface area (Å²) in [6.45, 7) is 3.14. The summed E-state index contributed by atoms with van der Waals surface area (Å²) in [5.41, 5.74) is 2.35. The van der Waals surface area contributed by atoms with Crippen molar-refractivity contribution in [1.29, 1.82) is 0 Å². The molecule has 0 saturated carbocycles. The van der Waals surface area contributed by atoms with Gasteiger partial charge in [-0.3, -0.25) is 0 Å². The molecule has 0 saturated heterocycles. The fourth-order valence-corrected chi connectivity index (χ4v) is 2.19. The van der Waals surface area contributed by atoms with Crippen LogP contribution in [0.25, 0.3) is 0 Å². The molecule has 4 heteroatoms. The van der Waals surface area contributed by atoms with E-state index < -0.39 is 0 Å². The van der Waals surface area contributed by atoms with Crippen LogP contribution < -0.4 is 5.32 Å². The van der Waals surface area contributed by atoms with Crippen molar-refractivity contribution in [3.05, 3.63) is 57.7 Å². The number of nitrogens with zero attached hydrogens (tertiary/aromatic N) is 2. The van der Waals surface area contributed by atoms with Crippen LogP contribution in [0.5, 0.6) is 0 Å². The Morgan fingerprint density at radius 3 is 2.39 bits per heavy atom. The predicted molar refractivity (Wildman–Crippen MR) is 81.3 cm³/mol. The van der Waals surface area contributed by atoms with Gasteiger partial charge in [-0.15, -0.1) is 0 Å². The lowest BCUT2D eigenvalue weighted by Gasteiger charge is -2.18. The molecule has 3 nitrogen and oxygen atoms in total. The van der Waals surface area contributed by atoms with E-state index in [1.165, 1.54) is 9.13 Å². The highest BCUT2D eigenvalue weighted by molar-refractivity contribution is 14.1. The largest absolute Gasteiger partial charge is 0.306 e. The molecular formula is C14H16IN3. The molecule has 1 N–H and O–H groups in total. The van der Waals surface area contributed by atoms with Crippen LogP contribution in [0.15, 0.2) is 43.0 Å². The van der Waals surface area contributed by atoms with Crippen molar-refractivity contribution >= 4 is 22.6 Å². The van der Waals surface area contributed by atoms with E-state index in [0.717, 1.165) is 18.5 Å². The number of aromatic nitrogens is 2. The number of nitrogens with one attached hydrogen (secondary N) is 1. The van der Waals surface area contributed by atoms with Crippen molar-refractivity contribution in [3.8, 4) is 0 Å². The van der Waals surface area contributed by atoms with Gasteiger partial charge in [-0.1, -0.05) is 19.1 Å². The van der Waals surface area contributed by atoms with Gasteiger partial charge in [0.15, 0.2) is 0 Å². The lowest BCUT2D eigenvalue weighted by Crippen LogP contribution is -2.23. The fraction of sp³-hybridized carbons (Fsp3) is 0.286. The first-order valence-electron chi connectivity index (χ1n) is 6.05. The van der Waals surface area contributed by atoms with Crippen molar-refractivity contribution in [2.24, 2.45) is 0 Å². The smallest absolute Gasteiger partial charge is 0.115 e. The van der Waals surface area contributed by atoms with Crippen LogP contribution in [0, 0.1) is 3.57 Å². The topological polar surface area (TPSA) is 37.8 Å². The van der Waals surface area contributed by atoms with Gasteiger partial charge in [0.2, 0.25) is 0 Å². The molecule has 0 amide bonds. The van der Waals surface area contributed by atoms with Crippen LogP contribution in [0.3, 0.4) is 0 Å². The lowest BCUT2D eigenvalue weighted by atomic mass is 10.0. The van der Waals surface area contributed by atoms with Gasteiger partial charge in [0.05, 0.1) is 6.04 Å². The van der Waals surface area contributed by atoms with E-state index in [1.54, 1.807) is 6.33 Å². The summed E-state index contributed by atoms with van der Waals surface area (Å²) in [7, 11) is 0. The first kappa shape index (κ1) is 13.4. The second kappa shape index (κ2) is 6.80. The van der Waals surface area contributed by atoms with Crippen molar-refractivity contribution in [3.63, 3.8) is 0 Å². The molecule has 1 unspecified atom stereocenters. The monoisotopic (exact) mass is 353 g/mol. The third-order valence-electron chi connectivity index (χ3n) is 2.72. The summed E-state index contributed by atoms with van der Waals surface area (Å²) < 4.78 is 1.25. The first-order chi connectivity index (χ1) is 8.81. The summed E-state index contributed by atoms with van der Waals surface area (Å²) in [5, 5.41) is 3.54. The molecule has 0 fully saturated rings. The van der Waals surface area contributed by atoms with E-state index >= 15 is 0 Å². The average Bonchev–Trinajstić information content (AvgIpc) is 2.42. The minimum absolute atomic E-state index is 0.170. The zero-order chi connectivity index (χ0) is 12.8. The number of benzene rings is 1. The van der Waals surface area contributed by atoms with E-state index in [2.05, 4.69) is 69.1 Å². The van der Waals surface area contributed by atoms with Gasteiger partial charge in [-0.25, -0.2) is 9.97 Å². The van der Waals surface area contributed by atoms with E-state index in [4.69, 9.17) is 0 Å². The average molecular weight is 353 g/mol. The predicted octanol–water partition coefficient (Wildman–Crippen LogP) is 3.17. The van der Waals surface area contributed by atoms with Crippen molar-refractivity contribution in [2.75, 3.05) is 6.54 Å². The molecule has 0 aliphatic rings. The molecule has 94 valence electrons. The lowest BCUT2D eigenvalue weighted by molar-refractivity contribution is 0.595. The Morgan fingerprint density at radius 1 is 1.11 bits per heavy atom. The molecule has 0 aliphatic heterocycles. The zero-order valence-electron chi connectivity index (χ0n) is 10.3. The van der Waals surface area contributed by atoms with Crippen molar-refractivity contribution < 1.29 is 0 Å². The Morgan fingerprint density at radius 2 is 1.78 bits per heavy atom. The van der Waals surface area contributed by atoms with E-state index in [9.17, 15) is 0 Å². The summed E-state index contributed by atoms with van der Waals surface area (Å²) in [4.78, 5) is 8.21. The number of rotatable bonds is 5. The molecule has 0 aliphatic carbocycles. The molecule has 2 rings (SSSR count). The maximum atomic E-state index is 4.10. The third kappa shape index (κ3) is 3.49. The van der Waals surface area contributed by atoms with Gasteiger partial charge in [-0.2, -0.15) is 0 Å². The van der Waals surface area contributed by atoms with Crippen LogP contribution in [-0.4, -0.2) is 16.5 Å². The molecule has 1 aromatic heterocycles. The highest BCUT2D eigenvalue weighted by Gasteiger charge is 2.13. The highest BCUT2D eigenvalue weighted by Crippen LogP contribution is 2.21. The number of halogens is 1. The number of hydrogen-bond donors (Lipinski definition) is 1. The van der Waals surface area contributed by atoms with Gasteiger partial charge in [0.25, 0.3) is 0 Å². The van der Waals surface area contributed by atoms with Crippen LogP contribution >= 0.6 is 22.6 Å². The molecule has 0 spiro atoms. The molecule has 2 aromatic rings. The Bertz CT molecular complexity index is 470. The van der Waals surface area contributed by atoms with Crippen LogP contribution in [0.1, 0.15) is 30.5 Å². The van der Waals surface area contributed by atoms with Crippen LogP contribution in [-0.2, 0) is 0 Å². The van der Waals surface area contributed by atoms with Gasteiger partial charge in [-0.05, 0) is 53.3 Å². The van der Waals surface area contributed by atoms with E-state index in [0.29, 0.717) is 0 Å². The molecule has 1 heterocycles. The Hall–Kier alpha value is -1.01. The molecule has 1 aromatic carbocycles. The highest BCUT2D eigenvalue weighted by atomic mass is 127. The molecule has 1 atom stereocenters. The summed E-state index contributed by atoms with van der Waals surface area (Å²) in [6.07, 6.45) is 6.42. The first-order valence-corrected chi connectivity index (χ1v) is 7.13. The van der Waals surface area contributed by atoms with E-state index in [-0.39, 0.29) is 6.04 Å². The van der Waals surface area contributed by atoms with Crippen LogP contribution in [0.2, 0.25) is 0 Å². The SMILES string of the molecule is CCCNC(c1ccc(I)cc1)c1cncnc1. The number of hydrogen-bond acceptors (Lipinski definition) is 3. The van der Waals surface area contributed by atoms with Gasteiger partial charge in [0, 0.05) is 21.5 Å². The minimum atomic E-state index is 0.170. The van der Waals surface area contributed by atoms with Gasteiger partial charge < -0.3 is 5.32 Å². The summed E-state index contributed by atoms with van der Waals surface area (Å²) in [6, 6.07) is 8.73. The van der Waals surface area contributed by atoms with Crippen molar-refractivity contribution in [2.45, 2.75) is 19.4 Å². The standard InChI is InChI=1S/C14H16IN3/c1-2-7-18-14(12-8-16-10-17-9-12)11-3-5-13(15)6-4-11/h3-6,8-10,14,18H,2,7H2,1H3. The zero-order valence-corrected chi connectivity index (χ0v) is 12.5. The fourth-order valence-electron chi connectivity index (χ4n) is 1.83. The Balaban J connectivity index is 2.27. The van der Waals surface area contributed by atoms with E-state index in [1.807, 2.05) is 12.4 Å². The minimum Gasteiger partial charge on any atom is -0.306 e. The Kier molecular flexibility index (Phi) is 5.07. The summed E-state index contributed by atoms with van der Waals surface area (Å²) >= 11 is 2.32. The maximum absolute atomic E-state index is 4.10. The quantitative estimate of drug-likeness (QED) is 0.840. The molecule has 0 bridgehead atoms. The molecule has 18 heavy (non-hydrogen) atoms. The van der Waals surface area contributed by atoms with Gasteiger partial charge >= 0.3 is 0 Å². The molecular weight excluding hydrogens is 337 g/mol.